The highest BCUT2D eigenvalue weighted by Gasteiger charge is 2.24. The van der Waals surface area contributed by atoms with E-state index >= 15 is 0 Å². The van der Waals surface area contributed by atoms with Crippen molar-refractivity contribution < 1.29 is 4.74 Å². The number of nitrogens with one attached hydrogen (secondary N) is 1. The molecule has 1 aliphatic carbocycles. The minimum absolute atomic E-state index is 0.689. The number of rotatable bonds is 7. The van der Waals surface area contributed by atoms with Crippen LogP contribution in [0.1, 0.15) is 37.7 Å². The van der Waals surface area contributed by atoms with E-state index in [1.807, 2.05) is 12.1 Å². The summed E-state index contributed by atoms with van der Waals surface area (Å²) in [6.07, 6.45) is 7.56. The van der Waals surface area contributed by atoms with Crippen LogP contribution < -0.4 is 5.32 Å². The Kier molecular flexibility index (Phi) is 5.56. The number of halogens is 1. The van der Waals surface area contributed by atoms with Crippen molar-refractivity contribution in [2.75, 3.05) is 19.8 Å². The lowest BCUT2D eigenvalue weighted by molar-refractivity contribution is 0.0584. The van der Waals surface area contributed by atoms with Crippen molar-refractivity contribution in [3.05, 3.63) is 34.9 Å². The van der Waals surface area contributed by atoms with Crippen LogP contribution in [-0.2, 0) is 11.2 Å². The van der Waals surface area contributed by atoms with Gasteiger partial charge in [0.15, 0.2) is 0 Å². The van der Waals surface area contributed by atoms with Crippen molar-refractivity contribution in [3.63, 3.8) is 0 Å². The van der Waals surface area contributed by atoms with Crippen molar-refractivity contribution in [2.45, 2.75) is 44.6 Å². The molecule has 116 valence electrons. The van der Waals surface area contributed by atoms with Gasteiger partial charge in [-0.15, -0.1) is 0 Å². The number of hydrogen-bond acceptors (Lipinski definition) is 2. The lowest BCUT2D eigenvalue weighted by Crippen LogP contribution is -2.29. The Balaban J connectivity index is 1.58. The highest BCUT2D eigenvalue weighted by Crippen LogP contribution is 2.28. The minimum Gasteiger partial charge on any atom is -0.381 e. The molecule has 0 aromatic heterocycles. The molecular formula is C18H26ClNO. The highest BCUT2D eigenvalue weighted by atomic mass is 35.5. The topological polar surface area (TPSA) is 21.3 Å². The Hall–Kier alpha value is -0.570. The van der Waals surface area contributed by atoms with E-state index in [1.54, 1.807) is 0 Å². The van der Waals surface area contributed by atoms with Gasteiger partial charge in [0.2, 0.25) is 0 Å². The maximum atomic E-state index is 6.35. The molecule has 0 spiro atoms. The smallest absolute Gasteiger partial charge is 0.0468 e. The first-order valence-electron chi connectivity index (χ1n) is 8.36. The molecule has 1 saturated carbocycles. The molecule has 3 rings (SSSR count). The van der Waals surface area contributed by atoms with Crippen LogP contribution in [0.15, 0.2) is 24.3 Å². The molecule has 2 nitrogen and oxygen atoms in total. The van der Waals surface area contributed by atoms with Gasteiger partial charge in [-0.1, -0.05) is 29.8 Å². The van der Waals surface area contributed by atoms with Gasteiger partial charge in [0.1, 0.15) is 0 Å². The van der Waals surface area contributed by atoms with Gasteiger partial charge in [0.25, 0.3) is 0 Å². The molecule has 1 aromatic rings. The molecule has 1 saturated heterocycles. The third-order valence-electron chi connectivity index (χ3n) is 4.75. The Labute approximate surface area is 133 Å². The Morgan fingerprint density at radius 1 is 1.14 bits per heavy atom. The second-order valence-electron chi connectivity index (χ2n) is 6.64. The van der Waals surface area contributed by atoms with Gasteiger partial charge in [0, 0.05) is 24.3 Å². The van der Waals surface area contributed by atoms with E-state index in [0.29, 0.717) is 5.92 Å². The largest absolute Gasteiger partial charge is 0.381 e. The van der Waals surface area contributed by atoms with E-state index in [1.165, 1.54) is 37.7 Å². The second-order valence-corrected chi connectivity index (χ2v) is 7.04. The minimum atomic E-state index is 0.689. The first kappa shape index (κ1) is 15.3. The molecule has 1 aromatic carbocycles. The summed E-state index contributed by atoms with van der Waals surface area (Å²) in [6, 6.07) is 9.09. The zero-order chi connectivity index (χ0) is 14.5. The Morgan fingerprint density at radius 3 is 2.62 bits per heavy atom. The van der Waals surface area contributed by atoms with Crippen LogP contribution in [0.3, 0.4) is 0 Å². The van der Waals surface area contributed by atoms with Crippen molar-refractivity contribution in [1.82, 2.24) is 5.32 Å². The molecular weight excluding hydrogens is 282 g/mol. The van der Waals surface area contributed by atoms with Crippen LogP contribution in [0.4, 0.5) is 0 Å². The number of hydrogen-bond donors (Lipinski definition) is 1. The van der Waals surface area contributed by atoms with Crippen molar-refractivity contribution in [2.24, 2.45) is 11.8 Å². The quantitative estimate of drug-likeness (QED) is 0.820. The van der Waals surface area contributed by atoms with Gasteiger partial charge in [-0.2, -0.15) is 0 Å². The van der Waals surface area contributed by atoms with Crippen LogP contribution >= 0.6 is 11.6 Å². The third kappa shape index (κ3) is 4.98. The summed E-state index contributed by atoms with van der Waals surface area (Å²) in [5.74, 6) is 1.51. The molecule has 0 bridgehead atoms. The first-order valence-corrected chi connectivity index (χ1v) is 8.73. The fourth-order valence-electron chi connectivity index (χ4n) is 3.29. The van der Waals surface area contributed by atoms with Gasteiger partial charge < -0.3 is 10.1 Å². The summed E-state index contributed by atoms with van der Waals surface area (Å²) in [7, 11) is 0. The zero-order valence-corrected chi connectivity index (χ0v) is 13.4. The molecule has 1 heterocycles. The molecule has 2 aliphatic rings. The van der Waals surface area contributed by atoms with Crippen molar-refractivity contribution in [3.8, 4) is 0 Å². The molecule has 1 aliphatic heterocycles. The maximum absolute atomic E-state index is 6.35. The Bertz CT molecular complexity index is 441. The predicted molar refractivity (Wildman–Crippen MR) is 87.8 cm³/mol. The van der Waals surface area contributed by atoms with Crippen LogP contribution in [0.2, 0.25) is 5.02 Å². The number of ether oxygens (including phenoxy) is 1. The van der Waals surface area contributed by atoms with Crippen LogP contribution in [0.25, 0.3) is 0 Å². The normalized spacial score (nSPS) is 21.4. The SMILES string of the molecule is Clc1ccccc1CC(CNC1CC1)CC1CCOCC1. The average molecular weight is 308 g/mol. The summed E-state index contributed by atoms with van der Waals surface area (Å²) in [5, 5.41) is 4.63. The molecule has 3 heteroatoms. The standard InChI is InChI=1S/C18H26ClNO/c19-18-4-2-1-3-16(18)12-15(13-20-17-5-6-17)11-14-7-9-21-10-8-14/h1-4,14-15,17,20H,5-13H2. The molecule has 0 radical (unpaired) electrons. The fraction of sp³-hybridized carbons (Fsp3) is 0.667. The molecule has 0 amide bonds. The molecule has 1 N–H and O–H groups in total. The monoisotopic (exact) mass is 307 g/mol. The van der Waals surface area contributed by atoms with E-state index in [4.69, 9.17) is 16.3 Å². The summed E-state index contributed by atoms with van der Waals surface area (Å²) in [5.41, 5.74) is 1.30. The lowest BCUT2D eigenvalue weighted by Gasteiger charge is -2.27. The van der Waals surface area contributed by atoms with E-state index in [-0.39, 0.29) is 0 Å². The summed E-state index contributed by atoms with van der Waals surface area (Å²) < 4.78 is 5.49. The zero-order valence-electron chi connectivity index (χ0n) is 12.7. The van der Waals surface area contributed by atoms with Gasteiger partial charge in [-0.3, -0.25) is 0 Å². The highest BCUT2D eigenvalue weighted by molar-refractivity contribution is 6.31. The van der Waals surface area contributed by atoms with Crippen LogP contribution in [0.5, 0.6) is 0 Å². The van der Waals surface area contributed by atoms with Gasteiger partial charge in [-0.05, 0) is 68.5 Å². The predicted octanol–water partition coefficient (Wildman–Crippen LogP) is 4.07. The maximum Gasteiger partial charge on any atom is 0.0468 e. The van der Waals surface area contributed by atoms with Crippen molar-refractivity contribution in [1.29, 1.82) is 0 Å². The lowest BCUT2D eigenvalue weighted by atomic mass is 9.85. The summed E-state index contributed by atoms with van der Waals surface area (Å²) >= 11 is 6.35. The van der Waals surface area contributed by atoms with Gasteiger partial charge in [0.05, 0.1) is 0 Å². The summed E-state index contributed by atoms with van der Waals surface area (Å²) in [6.45, 7) is 3.02. The van der Waals surface area contributed by atoms with Crippen LogP contribution in [-0.4, -0.2) is 25.8 Å². The number of benzene rings is 1. The molecule has 1 unspecified atom stereocenters. The van der Waals surface area contributed by atoms with E-state index < -0.39 is 0 Å². The van der Waals surface area contributed by atoms with Gasteiger partial charge >= 0.3 is 0 Å². The molecule has 2 fully saturated rings. The van der Waals surface area contributed by atoms with Crippen LogP contribution in [0, 0.1) is 11.8 Å². The first-order chi connectivity index (χ1) is 10.3. The third-order valence-corrected chi connectivity index (χ3v) is 5.12. The molecule has 1 atom stereocenters. The average Bonchev–Trinajstić information content (AvgIpc) is 3.32. The fourth-order valence-corrected chi connectivity index (χ4v) is 3.50. The Morgan fingerprint density at radius 2 is 1.90 bits per heavy atom. The second kappa shape index (κ2) is 7.62. The van der Waals surface area contributed by atoms with E-state index in [0.717, 1.165) is 43.2 Å². The summed E-state index contributed by atoms with van der Waals surface area (Å²) in [4.78, 5) is 0. The van der Waals surface area contributed by atoms with Crippen molar-refractivity contribution >= 4 is 11.6 Å². The van der Waals surface area contributed by atoms with E-state index in [9.17, 15) is 0 Å². The van der Waals surface area contributed by atoms with Gasteiger partial charge in [-0.25, -0.2) is 0 Å². The van der Waals surface area contributed by atoms with E-state index in [2.05, 4.69) is 17.4 Å². The molecule has 21 heavy (non-hydrogen) atoms.